The molecule has 4 rings (SSSR count). The Kier molecular flexibility index (Phi) is 5.72. The number of nitrogens with zero attached hydrogens (tertiary/aromatic N) is 2. The SMILES string of the molecule is O=S(=O)(c1cccc(Br)c1)C1CCN(c2nc(-c3cc(F)cc(F)c3)cs2)CC1. The Morgan fingerprint density at radius 3 is 2.41 bits per heavy atom. The summed E-state index contributed by atoms with van der Waals surface area (Å²) in [7, 11) is -3.39. The normalized spacial score (nSPS) is 15.6. The lowest BCUT2D eigenvalue weighted by Gasteiger charge is -2.31. The van der Waals surface area contributed by atoms with Crippen molar-refractivity contribution in [3.8, 4) is 11.3 Å². The van der Waals surface area contributed by atoms with E-state index >= 15 is 0 Å². The summed E-state index contributed by atoms with van der Waals surface area (Å²) in [6.45, 7) is 1.12. The summed E-state index contributed by atoms with van der Waals surface area (Å²) in [5, 5.41) is 2.04. The molecule has 0 amide bonds. The maximum atomic E-state index is 13.5. The number of rotatable bonds is 4. The minimum atomic E-state index is -3.39. The molecule has 1 saturated heterocycles. The predicted molar refractivity (Wildman–Crippen MR) is 114 cm³/mol. The van der Waals surface area contributed by atoms with Crippen LogP contribution in [0.1, 0.15) is 12.8 Å². The number of anilines is 1. The highest BCUT2D eigenvalue weighted by Crippen LogP contribution is 2.32. The van der Waals surface area contributed by atoms with Crippen molar-refractivity contribution in [2.45, 2.75) is 23.0 Å². The van der Waals surface area contributed by atoms with Gasteiger partial charge in [0.2, 0.25) is 0 Å². The van der Waals surface area contributed by atoms with E-state index in [0.717, 1.165) is 15.7 Å². The van der Waals surface area contributed by atoms with Crippen LogP contribution in [-0.4, -0.2) is 31.7 Å². The van der Waals surface area contributed by atoms with Crippen LogP contribution in [0.5, 0.6) is 0 Å². The van der Waals surface area contributed by atoms with Crippen molar-refractivity contribution in [3.05, 3.63) is 64.0 Å². The molecular formula is C20H17BrF2N2O2S2. The van der Waals surface area contributed by atoms with E-state index in [4.69, 9.17) is 0 Å². The Bertz CT molecular complexity index is 1120. The quantitative estimate of drug-likeness (QED) is 0.490. The molecule has 1 aliphatic heterocycles. The van der Waals surface area contributed by atoms with Crippen molar-refractivity contribution in [1.29, 1.82) is 0 Å². The van der Waals surface area contributed by atoms with E-state index in [2.05, 4.69) is 20.9 Å². The Labute approximate surface area is 180 Å². The molecule has 0 unspecified atom stereocenters. The average Bonchev–Trinajstić information content (AvgIpc) is 3.18. The fourth-order valence-corrected chi connectivity index (χ4v) is 6.65. The molecule has 2 heterocycles. The minimum absolute atomic E-state index is 0.329. The molecule has 3 aromatic rings. The summed E-state index contributed by atoms with van der Waals surface area (Å²) < 4.78 is 53.5. The smallest absolute Gasteiger partial charge is 0.185 e. The first-order chi connectivity index (χ1) is 13.8. The van der Waals surface area contributed by atoms with Crippen LogP contribution in [0.15, 0.2) is 57.2 Å². The van der Waals surface area contributed by atoms with Gasteiger partial charge in [0.25, 0.3) is 0 Å². The first-order valence-corrected chi connectivity index (χ1v) is 12.2. The molecule has 0 saturated carbocycles. The Hall–Kier alpha value is -1.84. The number of piperidine rings is 1. The van der Waals surface area contributed by atoms with Gasteiger partial charge in [0.15, 0.2) is 15.0 Å². The second-order valence-corrected chi connectivity index (χ2v) is 10.8. The summed E-state index contributed by atoms with van der Waals surface area (Å²) in [6, 6.07) is 10.1. The first kappa shape index (κ1) is 20.4. The molecule has 4 nitrogen and oxygen atoms in total. The number of halogens is 3. The van der Waals surface area contributed by atoms with Crippen molar-refractivity contribution in [3.63, 3.8) is 0 Å². The number of sulfone groups is 1. The van der Waals surface area contributed by atoms with Crippen LogP contribution in [0.4, 0.5) is 13.9 Å². The Balaban J connectivity index is 1.47. The lowest BCUT2D eigenvalue weighted by Crippen LogP contribution is -2.39. The van der Waals surface area contributed by atoms with Crippen molar-refractivity contribution in [1.82, 2.24) is 4.98 Å². The third-order valence-corrected chi connectivity index (χ3v) is 8.58. The van der Waals surface area contributed by atoms with Crippen LogP contribution in [-0.2, 0) is 9.84 Å². The molecule has 152 valence electrons. The van der Waals surface area contributed by atoms with Crippen molar-refractivity contribution in [2.24, 2.45) is 0 Å². The zero-order chi connectivity index (χ0) is 20.6. The highest BCUT2D eigenvalue weighted by atomic mass is 79.9. The molecule has 2 aromatic carbocycles. The summed E-state index contributed by atoms with van der Waals surface area (Å²) in [4.78, 5) is 6.85. The fourth-order valence-electron chi connectivity index (χ4n) is 3.44. The first-order valence-electron chi connectivity index (χ1n) is 8.99. The number of hydrogen-bond donors (Lipinski definition) is 0. The summed E-state index contributed by atoms with van der Waals surface area (Å²) in [6.07, 6.45) is 0.997. The van der Waals surface area contributed by atoms with Gasteiger partial charge in [-0.15, -0.1) is 11.3 Å². The van der Waals surface area contributed by atoms with Crippen LogP contribution in [0.2, 0.25) is 0 Å². The van der Waals surface area contributed by atoms with E-state index in [1.807, 2.05) is 4.90 Å². The second-order valence-electron chi connectivity index (χ2n) is 6.86. The second kappa shape index (κ2) is 8.12. The summed E-state index contributed by atoms with van der Waals surface area (Å²) >= 11 is 4.71. The number of thiazole rings is 1. The standard InChI is InChI=1S/C20H17BrF2N2O2S2/c21-14-2-1-3-18(10-14)29(26,27)17-4-6-25(7-5-17)20-24-19(12-28-20)13-8-15(22)11-16(23)9-13/h1-3,8-12,17H,4-7H2. The third kappa shape index (κ3) is 4.36. The highest BCUT2D eigenvalue weighted by molar-refractivity contribution is 9.10. The van der Waals surface area contributed by atoms with E-state index in [-0.39, 0.29) is 0 Å². The molecule has 0 spiro atoms. The molecule has 1 aromatic heterocycles. The van der Waals surface area contributed by atoms with Gasteiger partial charge < -0.3 is 4.90 Å². The van der Waals surface area contributed by atoms with Gasteiger partial charge in [-0.2, -0.15) is 0 Å². The average molecular weight is 499 g/mol. The Morgan fingerprint density at radius 2 is 1.76 bits per heavy atom. The van der Waals surface area contributed by atoms with Crippen molar-refractivity contribution in [2.75, 3.05) is 18.0 Å². The van der Waals surface area contributed by atoms with Gasteiger partial charge in [-0.1, -0.05) is 22.0 Å². The lowest BCUT2D eigenvalue weighted by molar-refractivity contribution is 0.529. The Morgan fingerprint density at radius 1 is 1.07 bits per heavy atom. The van der Waals surface area contributed by atoms with Crippen LogP contribution < -0.4 is 4.90 Å². The molecule has 1 fully saturated rings. The van der Waals surface area contributed by atoms with Gasteiger partial charge in [-0.25, -0.2) is 22.2 Å². The van der Waals surface area contributed by atoms with Gasteiger partial charge in [0.1, 0.15) is 11.6 Å². The third-order valence-electron chi connectivity index (χ3n) is 4.93. The van der Waals surface area contributed by atoms with E-state index < -0.39 is 26.7 Å². The molecule has 1 aliphatic rings. The molecule has 0 N–H and O–H groups in total. The maximum absolute atomic E-state index is 13.5. The van der Waals surface area contributed by atoms with E-state index in [1.165, 1.54) is 23.5 Å². The van der Waals surface area contributed by atoms with Gasteiger partial charge in [-0.05, 0) is 43.2 Å². The van der Waals surface area contributed by atoms with E-state index in [0.29, 0.717) is 42.1 Å². The summed E-state index contributed by atoms with van der Waals surface area (Å²) in [5.41, 5.74) is 0.893. The maximum Gasteiger partial charge on any atom is 0.185 e. The fraction of sp³-hybridized carbons (Fsp3) is 0.250. The summed E-state index contributed by atoms with van der Waals surface area (Å²) in [5.74, 6) is -1.29. The number of aromatic nitrogens is 1. The van der Waals surface area contributed by atoms with Gasteiger partial charge in [-0.3, -0.25) is 0 Å². The minimum Gasteiger partial charge on any atom is -0.348 e. The lowest BCUT2D eigenvalue weighted by atomic mass is 10.1. The van der Waals surface area contributed by atoms with Crippen LogP contribution in [0, 0.1) is 11.6 Å². The predicted octanol–water partition coefficient (Wildman–Crippen LogP) is 5.29. The molecular weight excluding hydrogens is 482 g/mol. The van der Waals surface area contributed by atoms with Gasteiger partial charge >= 0.3 is 0 Å². The van der Waals surface area contributed by atoms with Crippen LogP contribution >= 0.6 is 27.3 Å². The van der Waals surface area contributed by atoms with Gasteiger partial charge in [0.05, 0.1) is 15.8 Å². The molecule has 0 aliphatic carbocycles. The monoisotopic (exact) mass is 498 g/mol. The van der Waals surface area contributed by atoms with Crippen molar-refractivity contribution >= 4 is 42.2 Å². The molecule has 29 heavy (non-hydrogen) atoms. The molecule has 9 heteroatoms. The van der Waals surface area contributed by atoms with E-state index in [9.17, 15) is 17.2 Å². The van der Waals surface area contributed by atoms with Crippen molar-refractivity contribution < 1.29 is 17.2 Å². The zero-order valence-electron chi connectivity index (χ0n) is 15.2. The largest absolute Gasteiger partial charge is 0.348 e. The molecule has 0 radical (unpaired) electrons. The highest BCUT2D eigenvalue weighted by Gasteiger charge is 2.32. The van der Waals surface area contributed by atoms with Crippen LogP contribution in [0.25, 0.3) is 11.3 Å². The number of benzene rings is 2. The topological polar surface area (TPSA) is 50.3 Å². The van der Waals surface area contributed by atoms with Gasteiger partial charge in [0, 0.05) is 34.6 Å². The molecule has 0 bridgehead atoms. The number of hydrogen-bond acceptors (Lipinski definition) is 5. The van der Waals surface area contributed by atoms with E-state index in [1.54, 1.807) is 29.6 Å². The van der Waals surface area contributed by atoms with Crippen LogP contribution in [0.3, 0.4) is 0 Å². The zero-order valence-corrected chi connectivity index (χ0v) is 18.4. The molecule has 0 atom stereocenters.